The topological polar surface area (TPSA) is 84.5 Å². The van der Waals surface area contributed by atoms with Crippen LogP contribution in [0.1, 0.15) is 19.4 Å². The first kappa shape index (κ1) is 21.5. The summed E-state index contributed by atoms with van der Waals surface area (Å²) in [4.78, 5) is 12.3. The third-order valence-electron chi connectivity index (χ3n) is 3.69. The van der Waals surface area contributed by atoms with Gasteiger partial charge in [0.1, 0.15) is 5.75 Å². The SMILES string of the molecule is CCOc1ccc(S(=O)(=O)N[C@@H](C)C(=O)Nc2ccc(Cl)cc2C)cc1Cl. The Bertz CT molecular complexity index is 948. The van der Waals surface area contributed by atoms with Crippen LogP contribution in [0.5, 0.6) is 5.75 Å². The van der Waals surface area contributed by atoms with Crippen LogP contribution in [0.2, 0.25) is 10.0 Å². The van der Waals surface area contributed by atoms with E-state index in [1.807, 2.05) is 0 Å². The van der Waals surface area contributed by atoms with Gasteiger partial charge in [0.2, 0.25) is 15.9 Å². The minimum atomic E-state index is -3.94. The van der Waals surface area contributed by atoms with E-state index in [1.54, 1.807) is 32.0 Å². The lowest BCUT2D eigenvalue weighted by Crippen LogP contribution is -2.41. The normalized spacial score (nSPS) is 12.5. The number of halogens is 2. The molecule has 146 valence electrons. The van der Waals surface area contributed by atoms with Crippen LogP contribution in [-0.2, 0) is 14.8 Å². The van der Waals surface area contributed by atoms with Crippen LogP contribution >= 0.6 is 23.2 Å². The van der Waals surface area contributed by atoms with Crippen LogP contribution in [0.3, 0.4) is 0 Å². The standard InChI is InChI=1S/C18H20Cl2N2O4S/c1-4-26-17-8-6-14(10-15(17)20)27(24,25)22-12(3)18(23)21-16-7-5-13(19)9-11(16)2/h5-10,12,22H,4H2,1-3H3,(H,21,23)/t12-/m0/s1. The maximum atomic E-state index is 12.5. The van der Waals surface area contributed by atoms with Crippen LogP contribution in [-0.4, -0.2) is 27.0 Å². The zero-order valence-electron chi connectivity index (χ0n) is 15.0. The van der Waals surface area contributed by atoms with E-state index in [4.69, 9.17) is 27.9 Å². The number of rotatable bonds is 7. The summed E-state index contributed by atoms with van der Waals surface area (Å²) in [6.07, 6.45) is 0. The number of hydrogen-bond donors (Lipinski definition) is 2. The van der Waals surface area contributed by atoms with Crippen LogP contribution in [0, 0.1) is 6.92 Å². The van der Waals surface area contributed by atoms with Gasteiger partial charge in [0.05, 0.1) is 22.6 Å². The fourth-order valence-electron chi connectivity index (χ4n) is 2.28. The summed E-state index contributed by atoms with van der Waals surface area (Å²) in [6.45, 7) is 5.45. The van der Waals surface area contributed by atoms with Gasteiger partial charge < -0.3 is 10.1 Å². The second kappa shape index (κ2) is 8.93. The van der Waals surface area contributed by atoms with Gasteiger partial charge in [-0.25, -0.2) is 8.42 Å². The lowest BCUT2D eigenvalue weighted by molar-refractivity contribution is -0.117. The number of sulfonamides is 1. The Labute approximate surface area is 168 Å². The minimum absolute atomic E-state index is 0.0572. The highest BCUT2D eigenvalue weighted by Gasteiger charge is 2.23. The molecule has 0 aliphatic carbocycles. The molecule has 0 unspecified atom stereocenters. The predicted octanol–water partition coefficient (Wildman–Crippen LogP) is 4.01. The molecule has 0 saturated carbocycles. The molecule has 2 N–H and O–H groups in total. The molecule has 0 heterocycles. The molecule has 27 heavy (non-hydrogen) atoms. The Kier molecular flexibility index (Phi) is 7.11. The number of carbonyl (C=O) groups excluding carboxylic acids is 1. The molecular formula is C18H20Cl2N2O4S. The summed E-state index contributed by atoms with van der Waals surface area (Å²) < 4.78 is 32.7. The Morgan fingerprint density at radius 3 is 2.48 bits per heavy atom. The molecule has 0 fully saturated rings. The number of aryl methyl sites for hydroxylation is 1. The minimum Gasteiger partial charge on any atom is -0.492 e. The third-order valence-corrected chi connectivity index (χ3v) is 5.75. The molecule has 0 aliphatic heterocycles. The first-order valence-electron chi connectivity index (χ1n) is 8.15. The van der Waals surface area contributed by atoms with Gasteiger partial charge in [-0.3, -0.25) is 4.79 Å². The number of nitrogens with one attached hydrogen (secondary N) is 2. The molecule has 2 aromatic carbocycles. The van der Waals surface area contributed by atoms with Crippen molar-refractivity contribution in [2.75, 3.05) is 11.9 Å². The molecule has 1 atom stereocenters. The van der Waals surface area contributed by atoms with E-state index in [0.29, 0.717) is 23.1 Å². The van der Waals surface area contributed by atoms with Gasteiger partial charge >= 0.3 is 0 Å². The van der Waals surface area contributed by atoms with Crippen LogP contribution in [0.25, 0.3) is 0 Å². The molecule has 0 bridgehead atoms. The summed E-state index contributed by atoms with van der Waals surface area (Å²) in [5.41, 5.74) is 1.32. The van der Waals surface area contributed by atoms with Crippen LogP contribution in [0.4, 0.5) is 5.69 Å². The number of ether oxygens (including phenoxy) is 1. The van der Waals surface area contributed by atoms with E-state index >= 15 is 0 Å². The lowest BCUT2D eigenvalue weighted by Gasteiger charge is -2.16. The molecule has 0 aromatic heterocycles. The van der Waals surface area contributed by atoms with Crippen molar-refractivity contribution in [3.63, 3.8) is 0 Å². The summed E-state index contributed by atoms with van der Waals surface area (Å²) in [7, 11) is -3.94. The van der Waals surface area contributed by atoms with Gasteiger partial charge in [-0.15, -0.1) is 0 Å². The molecule has 0 saturated heterocycles. The van der Waals surface area contributed by atoms with E-state index in [9.17, 15) is 13.2 Å². The van der Waals surface area contributed by atoms with Gasteiger partial charge in [0, 0.05) is 10.7 Å². The average Bonchev–Trinajstić information content (AvgIpc) is 2.58. The Morgan fingerprint density at radius 1 is 1.19 bits per heavy atom. The van der Waals surface area contributed by atoms with Gasteiger partial charge in [0.15, 0.2) is 0 Å². The molecular weight excluding hydrogens is 411 g/mol. The Hall–Kier alpha value is -1.80. The van der Waals surface area contributed by atoms with Crippen molar-refractivity contribution in [3.05, 3.63) is 52.0 Å². The van der Waals surface area contributed by atoms with Gasteiger partial charge in [0.25, 0.3) is 0 Å². The maximum absolute atomic E-state index is 12.5. The van der Waals surface area contributed by atoms with Crippen molar-refractivity contribution in [2.45, 2.75) is 31.7 Å². The van der Waals surface area contributed by atoms with Crippen LogP contribution < -0.4 is 14.8 Å². The molecule has 0 aliphatic rings. The largest absolute Gasteiger partial charge is 0.492 e. The average molecular weight is 431 g/mol. The van der Waals surface area contributed by atoms with E-state index in [2.05, 4.69) is 10.0 Å². The second-order valence-electron chi connectivity index (χ2n) is 5.82. The highest BCUT2D eigenvalue weighted by Crippen LogP contribution is 2.27. The molecule has 0 spiro atoms. The van der Waals surface area contributed by atoms with Crippen LogP contribution in [0.15, 0.2) is 41.3 Å². The van der Waals surface area contributed by atoms with E-state index in [1.165, 1.54) is 25.1 Å². The zero-order chi connectivity index (χ0) is 20.2. The Morgan fingerprint density at radius 2 is 1.89 bits per heavy atom. The Balaban J connectivity index is 2.12. The quantitative estimate of drug-likeness (QED) is 0.694. The van der Waals surface area contributed by atoms with Crippen molar-refractivity contribution in [3.8, 4) is 5.75 Å². The maximum Gasteiger partial charge on any atom is 0.242 e. The van der Waals surface area contributed by atoms with E-state index in [0.717, 1.165) is 5.56 Å². The highest BCUT2D eigenvalue weighted by atomic mass is 35.5. The monoisotopic (exact) mass is 430 g/mol. The van der Waals surface area contributed by atoms with Crippen molar-refractivity contribution < 1.29 is 17.9 Å². The zero-order valence-corrected chi connectivity index (χ0v) is 17.4. The van der Waals surface area contributed by atoms with E-state index in [-0.39, 0.29) is 9.92 Å². The molecule has 2 rings (SSSR count). The molecule has 2 aromatic rings. The van der Waals surface area contributed by atoms with Gasteiger partial charge in [-0.2, -0.15) is 4.72 Å². The number of anilines is 1. The summed E-state index contributed by atoms with van der Waals surface area (Å²) >= 11 is 11.9. The van der Waals surface area contributed by atoms with Gasteiger partial charge in [-0.05, 0) is 62.7 Å². The van der Waals surface area contributed by atoms with E-state index < -0.39 is 22.0 Å². The number of carbonyl (C=O) groups is 1. The van der Waals surface area contributed by atoms with Crippen molar-refractivity contribution in [2.24, 2.45) is 0 Å². The smallest absolute Gasteiger partial charge is 0.242 e. The number of benzene rings is 2. The van der Waals surface area contributed by atoms with Crippen molar-refractivity contribution in [1.82, 2.24) is 4.72 Å². The molecule has 0 radical (unpaired) electrons. The highest BCUT2D eigenvalue weighted by molar-refractivity contribution is 7.89. The predicted molar refractivity (Wildman–Crippen MR) is 107 cm³/mol. The van der Waals surface area contributed by atoms with Gasteiger partial charge in [-0.1, -0.05) is 23.2 Å². The second-order valence-corrected chi connectivity index (χ2v) is 8.37. The lowest BCUT2D eigenvalue weighted by atomic mass is 10.2. The van der Waals surface area contributed by atoms with Crippen molar-refractivity contribution >= 4 is 44.8 Å². The third kappa shape index (κ3) is 5.59. The summed E-state index contributed by atoms with van der Waals surface area (Å²) in [6, 6.07) is 8.12. The van der Waals surface area contributed by atoms with Crippen molar-refractivity contribution in [1.29, 1.82) is 0 Å². The molecule has 6 nitrogen and oxygen atoms in total. The number of amides is 1. The molecule has 1 amide bonds. The fraction of sp³-hybridized carbons (Fsp3) is 0.278. The number of hydrogen-bond acceptors (Lipinski definition) is 4. The molecule has 9 heteroatoms. The fourth-order valence-corrected chi connectivity index (χ4v) is 4.04. The first-order chi connectivity index (χ1) is 12.6. The first-order valence-corrected chi connectivity index (χ1v) is 10.4. The summed E-state index contributed by atoms with van der Waals surface area (Å²) in [5.74, 6) is -0.108. The summed E-state index contributed by atoms with van der Waals surface area (Å²) in [5, 5.41) is 3.40.